The van der Waals surface area contributed by atoms with Crippen LogP contribution in [-0.2, 0) is 9.53 Å². The number of carbonyl (C=O) groups is 1. The molecule has 0 aliphatic rings. The third-order valence-corrected chi connectivity index (χ3v) is 5.28. The number of benzene rings is 2. The molecule has 3 nitrogen and oxygen atoms in total. The van der Waals surface area contributed by atoms with Crippen LogP contribution in [0, 0.1) is 26.6 Å². The Hall–Kier alpha value is -2.36. The molecule has 2 aromatic carbocycles. The molecule has 0 aliphatic carbocycles. The molecule has 146 valence electrons. The fourth-order valence-electron chi connectivity index (χ4n) is 3.60. The number of hydrogen-bond donors (Lipinski definition) is 1. The fraction of sp³-hybridized carbons (Fsp3) is 0.435. The highest BCUT2D eigenvalue weighted by molar-refractivity contribution is 5.68. The Labute approximate surface area is 161 Å². The normalized spacial score (nSPS) is 12.0. The number of phenols is 1. The number of hydrogen-bond acceptors (Lipinski definition) is 3. The number of phenolic OH excluding ortho intramolecular Hbond substituents is 1. The third kappa shape index (κ3) is 5.31. The summed E-state index contributed by atoms with van der Waals surface area (Å²) in [5.74, 6) is -0.135. The molecule has 0 unspecified atom stereocenters. The van der Waals surface area contributed by atoms with Crippen LogP contribution < -0.4 is 0 Å². The van der Waals surface area contributed by atoms with Crippen LogP contribution in [0.2, 0.25) is 0 Å². The minimum absolute atomic E-state index is 0.0111. The molecular weight excluding hydrogens is 343 g/mol. The number of halogens is 1. The molecule has 4 heteroatoms. The Morgan fingerprint density at radius 2 is 1.74 bits per heavy atom. The lowest BCUT2D eigenvalue weighted by Crippen LogP contribution is -2.06. The SMILES string of the molecule is COC(=O)CCCCC[C@H](c1ccc(F)cc1)c1c(C)cc(C)c(C)c1O. The van der Waals surface area contributed by atoms with E-state index >= 15 is 0 Å². The van der Waals surface area contributed by atoms with Crippen molar-refractivity contribution in [2.24, 2.45) is 0 Å². The van der Waals surface area contributed by atoms with Crippen molar-refractivity contribution in [2.75, 3.05) is 7.11 Å². The smallest absolute Gasteiger partial charge is 0.305 e. The number of unbranched alkanes of at least 4 members (excludes halogenated alkanes) is 2. The summed E-state index contributed by atoms with van der Waals surface area (Å²) in [6.07, 6.45) is 3.83. The molecule has 0 saturated heterocycles. The van der Waals surface area contributed by atoms with E-state index in [1.807, 2.05) is 20.8 Å². The summed E-state index contributed by atoms with van der Waals surface area (Å²) in [4.78, 5) is 11.3. The van der Waals surface area contributed by atoms with Gasteiger partial charge in [0.05, 0.1) is 7.11 Å². The van der Waals surface area contributed by atoms with E-state index in [-0.39, 0.29) is 17.7 Å². The molecule has 27 heavy (non-hydrogen) atoms. The molecule has 2 rings (SSSR count). The van der Waals surface area contributed by atoms with Gasteiger partial charge in [0, 0.05) is 17.9 Å². The zero-order valence-corrected chi connectivity index (χ0v) is 16.6. The van der Waals surface area contributed by atoms with Gasteiger partial charge in [0.1, 0.15) is 11.6 Å². The average molecular weight is 372 g/mol. The van der Waals surface area contributed by atoms with Gasteiger partial charge in [-0.15, -0.1) is 0 Å². The van der Waals surface area contributed by atoms with Crippen molar-refractivity contribution in [2.45, 2.75) is 58.8 Å². The van der Waals surface area contributed by atoms with Crippen molar-refractivity contribution in [3.05, 3.63) is 64.0 Å². The topological polar surface area (TPSA) is 46.5 Å². The van der Waals surface area contributed by atoms with E-state index in [0.29, 0.717) is 12.2 Å². The highest BCUT2D eigenvalue weighted by Crippen LogP contribution is 2.40. The lowest BCUT2D eigenvalue weighted by atomic mass is 9.82. The van der Waals surface area contributed by atoms with Gasteiger partial charge in [-0.1, -0.05) is 31.0 Å². The predicted octanol–water partition coefficient (Wildman–Crippen LogP) is 5.71. The summed E-state index contributed by atoms with van der Waals surface area (Å²) in [6, 6.07) is 8.61. The summed E-state index contributed by atoms with van der Waals surface area (Å²) in [6.45, 7) is 5.92. The van der Waals surface area contributed by atoms with Crippen LogP contribution in [0.3, 0.4) is 0 Å². The van der Waals surface area contributed by atoms with Gasteiger partial charge in [0.25, 0.3) is 0 Å². The maximum atomic E-state index is 13.4. The standard InChI is InChI=1S/C23H29FO3/c1-15-14-16(2)22(23(26)17(15)3)20(18-10-12-19(24)13-11-18)8-6-5-7-9-21(25)27-4/h10-14,20,26H,5-9H2,1-4H3/t20-/m1/s1. The van der Waals surface area contributed by atoms with E-state index in [0.717, 1.165) is 53.5 Å². The average Bonchev–Trinajstić information content (AvgIpc) is 2.65. The first-order chi connectivity index (χ1) is 12.8. The molecule has 0 spiro atoms. The molecule has 0 aromatic heterocycles. The van der Waals surface area contributed by atoms with Crippen LogP contribution in [0.15, 0.2) is 30.3 Å². The van der Waals surface area contributed by atoms with E-state index in [1.54, 1.807) is 12.1 Å². The lowest BCUT2D eigenvalue weighted by Gasteiger charge is -2.23. The molecule has 1 atom stereocenters. The van der Waals surface area contributed by atoms with Gasteiger partial charge in [-0.2, -0.15) is 0 Å². The molecule has 0 saturated carbocycles. The van der Waals surface area contributed by atoms with Crippen LogP contribution in [0.4, 0.5) is 4.39 Å². The first-order valence-corrected chi connectivity index (χ1v) is 9.47. The van der Waals surface area contributed by atoms with Crippen LogP contribution in [0.25, 0.3) is 0 Å². The summed E-state index contributed by atoms with van der Waals surface area (Å²) in [5, 5.41) is 10.8. The molecule has 0 aliphatic heterocycles. The van der Waals surface area contributed by atoms with E-state index in [1.165, 1.54) is 19.2 Å². The van der Waals surface area contributed by atoms with Gasteiger partial charge >= 0.3 is 5.97 Å². The van der Waals surface area contributed by atoms with Gasteiger partial charge in [-0.3, -0.25) is 4.79 Å². The zero-order chi connectivity index (χ0) is 20.0. The number of aromatic hydroxyl groups is 1. The van der Waals surface area contributed by atoms with Crippen LogP contribution in [-0.4, -0.2) is 18.2 Å². The Morgan fingerprint density at radius 1 is 1.07 bits per heavy atom. The van der Waals surface area contributed by atoms with Crippen LogP contribution in [0.5, 0.6) is 5.75 Å². The number of methoxy groups -OCH3 is 1. The molecule has 0 amide bonds. The number of aryl methyl sites for hydroxylation is 2. The predicted molar refractivity (Wildman–Crippen MR) is 106 cm³/mol. The Morgan fingerprint density at radius 3 is 2.37 bits per heavy atom. The molecular formula is C23H29FO3. The highest BCUT2D eigenvalue weighted by atomic mass is 19.1. The zero-order valence-electron chi connectivity index (χ0n) is 16.6. The molecule has 0 heterocycles. The highest BCUT2D eigenvalue weighted by Gasteiger charge is 2.22. The first-order valence-electron chi connectivity index (χ1n) is 9.47. The number of ether oxygens (including phenoxy) is 1. The number of carbonyl (C=O) groups excluding carboxylic acids is 1. The molecule has 0 fully saturated rings. The second kappa shape index (κ2) is 9.54. The quantitative estimate of drug-likeness (QED) is 0.477. The monoisotopic (exact) mass is 372 g/mol. The van der Waals surface area contributed by atoms with Crippen LogP contribution >= 0.6 is 0 Å². The van der Waals surface area contributed by atoms with Crippen molar-refractivity contribution in [3.8, 4) is 5.75 Å². The lowest BCUT2D eigenvalue weighted by molar-refractivity contribution is -0.140. The van der Waals surface area contributed by atoms with E-state index in [4.69, 9.17) is 0 Å². The molecule has 0 radical (unpaired) electrons. The van der Waals surface area contributed by atoms with Gasteiger partial charge in [-0.25, -0.2) is 4.39 Å². The van der Waals surface area contributed by atoms with Gasteiger partial charge in [-0.05, 0) is 68.0 Å². The van der Waals surface area contributed by atoms with Crippen molar-refractivity contribution in [1.82, 2.24) is 0 Å². The Balaban J connectivity index is 2.25. The number of rotatable bonds is 8. The summed E-state index contributed by atoms with van der Waals surface area (Å²) in [5.41, 5.74) is 4.89. The van der Waals surface area contributed by atoms with Crippen LogP contribution in [0.1, 0.15) is 65.8 Å². The molecule has 0 bridgehead atoms. The number of esters is 1. The Kier molecular flexibility index (Phi) is 7.40. The molecule has 2 aromatic rings. The van der Waals surface area contributed by atoms with E-state index < -0.39 is 0 Å². The summed E-state index contributed by atoms with van der Waals surface area (Å²) in [7, 11) is 1.40. The third-order valence-electron chi connectivity index (χ3n) is 5.28. The summed E-state index contributed by atoms with van der Waals surface area (Å²) >= 11 is 0. The van der Waals surface area contributed by atoms with E-state index in [9.17, 15) is 14.3 Å². The van der Waals surface area contributed by atoms with Gasteiger partial charge in [0.2, 0.25) is 0 Å². The summed E-state index contributed by atoms with van der Waals surface area (Å²) < 4.78 is 18.1. The minimum Gasteiger partial charge on any atom is -0.507 e. The molecule has 1 N–H and O–H groups in total. The first kappa shape index (κ1) is 20.9. The van der Waals surface area contributed by atoms with Crippen molar-refractivity contribution in [1.29, 1.82) is 0 Å². The largest absolute Gasteiger partial charge is 0.507 e. The maximum Gasteiger partial charge on any atom is 0.305 e. The fourth-order valence-corrected chi connectivity index (χ4v) is 3.60. The van der Waals surface area contributed by atoms with Gasteiger partial charge < -0.3 is 9.84 Å². The van der Waals surface area contributed by atoms with Gasteiger partial charge in [0.15, 0.2) is 0 Å². The maximum absolute atomic E-state index is 13.4. The van der Waals surface area contributed by atoms with E-state index in [2.05, 4.69) is 10.8 Å². The second-order valence-corrected chi connectivity index (χ2v) is 7.18. The van der Waals surface area contributed by atoms with Crippen molar-refractivity contribution >= 4 is 5.97 Å². The Bertz CT molecular complexity index is 781. The minimum atomic E-state index is -0.267. The van der Waals surface area contributed by atoms with Crippen molar-refractivity contribution < 1.29 is 19.0 Å². The second-order valence-electron chi connectivity index (χ2n) is 7.18. The van der Waals surface area contributed by atoms with Crippen molar-refractivity contribution in [3.63, 3.8) is 0 Å².